The Hall–Kier alpha value is -1.39. The summed E-state index contributed by atoms with van der Waals surface area (Å²) in [6.07, 6.45) is 0.915. The maximum atomic E-state index is 11.9. The number of hydrogen-bond acceptors (Lipinski definition) is 3. The van der Waals surface area contributed by atoms with E-state index in [9.17, 15) is 4.79 Å². The lowest BCUT2D eigenvalue weighted by molar-refractivity contribution is -0.129. The third-order valence-electron chi connectivity index (χ3n) is 4.36. The van der Waals surface area contributed by atoms with E-state index in [1.165, 1.54) is 5.56 Å². The maximum absolute atomic E-state index is 11.9. The van der Waals surface area contributed by atoms with Gasteiger partial charge in [-0.2, -0.15) is 0 Å². The first-order valence-electron chi connectivity index (χ1n) is 7.28. The summed E-state index contributed by atoms with van der Waals surface area (Å²) < 4.78 is 0. The predicted octanol–water partition coefficient (Wildman–Crippen LogP) is 1.19. The average molecular weight is 275 g/mol. The molecule has 0 bridgehead atoms. The quantitative estimate of drug-likeness (QED) is 0.848. The second-order valence-electron chi connectivity index (χ2n) is 5.97. The summed E-state index contributed by atoms with van der Waals surface area (Å²) in [5, 5.41) is 2.78. The molecule has 0 spiro atoms. The molecule has 2 atom stereocenters. The van der Waals surface area contributed by atoms with Crippen molar-refractivity contribution in [1.29, 1.82) is 0 Å². The molecule has 0 aliphatic carbocycles. The van der Waals surface area contributed by atoms with E-state index < -0.39 is 0 Å². The Morgan fingerprint density at radius 3 is 2.75 bits per heavy atom. The summed E-state index contributed by atoms with van der Waals surface area (Å²) in [4.78, 5) is 14.3. The van der Waals surface area contributed by atoms with Crippen LogP contribution in [0.2, 0.25) is 0 Å². The van der Waals surface area contributed by atoms with E-state index in [0.29, 0.717) is 12.5 Å². The minimum Gasteiger partial charge on any atom is -0.359 e. The van der Waals surface area contributed by atoms with Gasteiger partial charge in [0.25, 0.3) is 0 Å². The van der Waals surface area contributed by atoms with E-state index in [0.717, 1.165) is 26.1 Å². The van der Waals surface area contributed by atoms with Gasteiger partial charge in [0.2, 0.25) is 5.91 Å². The van der Waals surface area contributed by atoms with Gasteiger partial charge in [-0.15, -0.1) is 0 Å². The van der Waals surface area contributed by atoms with Crippen LogP contribution in [-0.2, 0) is 4.79 Å². The highest BCUT2D eigenvalue weighted by Crippen LogP contribution is 2.31. The highest BCUT2D eigenvalue weighted by molar-refractivity contribution is 5.82. The van der Waals surface area contributed by atoms with Crippen LogP contribution in [0.4, 0.5) is 0 Å². The normalized spacial score (nSPS) is 24.6. The molecule has 0 saturated carbocycles. The molecule has 1 fully saturated rings. The monoisotopic (exact) mass is 275 g/mol. The molecule has 3 N–H and O–H groups in total. The van der Waals surface area contributed by atoms with E-state index >= 15 is 0 Å². The molecule has 110 valence electrons. The molecular weight excluding hydrogens is 250 g/mol. The first-order valence-corrected chi connectivity index (χ1v) is 7.28. The fourth-order valence-electron chi connectivity index (χ4n) is 3.05. The first-order chi connectivity index (χ1) is 9.59. The van der Waals surface area contributed by atoms with Gasteiger partial charge in [0.1, 0.15) is 0 Å². The topological polar surface area (TPSA) is 58.4 Å². The summed E-state index contributed by atoms with van der Waals surface area (Å²) in [7, 11) is 1.71. The fraction of sp³-hybridized carbons (Fsp3) is 0.562. The van der Waals surface area contributed by atoms with Gasteiger partial charge < -0.3 is 16.0 Å². The van der Waals surface area contributed by atoms with Crippen LogP contribution in [0.3, 0.4) is 0 Å². The lowest BCUT2D eigenvalue weighted by Gasteiger charge is -2.25. The molecule has 2 rings (SSSR count). The first kappa shape index (κ1) is 15.0. The molecule has 0 radical (unpaired) electrons. The zero-order valence-electron chi connectivity index (χ0n) is 12.4. The molecule has 20 heavy (non-hydrogen) atoms. The molecule has 1 aliphatic heterocycles. The second kappa shape index (κ2) is 6.37. The largest absolute Gasteiger partial charge is 0.359 e. The molecule has 1 heterocycles. The highest BCUT2D eigenvalue weighted by Gasteiger charge is 2.40. The molecule has 4 heteroatoms. The van der Waals surface area contributed by atoms with Crippen LogP contribution in [-0.4, -0.2) is 44.0 Å². The van der Waals surface area contributed by atoms with Crippen LogP contribution in [0.5, 0.6) is 0 Å². The Labute approximate surface area is 121 Å². The zero-order chi connectivity index (χ0) is 14.6. The Kier molecular flexibility index (Phi) is 4.78. The van der Waals surface area contributed by atoms with E-state index in [-0.39, 0.29) is 11.3 Å². The maximum Gasteiger partial charge on any atom is 0.227 e. The molecule has 1 amide bonds. The Morgan fingerprint density at radius 2 is 2.15 bits per heavy atom. The second-order valence-corrected chi connectivity index (χ2v) is 5.97. The lowest BCUT2D eigenvalue weighted by atomic mass is 9.89. The van der Waals surface area contributed by atoms with Crippen molar-refractivity contribution < 1.29 is 4.79 Å². The average Bonchev–Trinajstić information content (AvgIpc) is 2.87. The molecule has 1 aromatic rings. The third-order valence-corrected chi connectivity index (χ3v) is 4.36. The van der Waals surface area contributed by atoms with Crippen LogP contribution >= 0.6 is 0 Å². The van der Waals surface area contributed by atoms with Crippen molar-refractivity contribution >= 4 is 5.91 Å². The van der Waals surface area contributed by atoms with E-state index in [2.05, 4.69) is 34.5 Å². The number of carbonyl (C=O) groups is 1. The Bertz CT molecular complexity index is 448. The minimum absolute atomic E-state index is 0.143. The Morgan fingerprint density at radius 1 is 1.45 bits per heavy atom. The number of amides is 1. The highest BCUT2D eigenvalue weighted by atomic mass is 16.2. The number of nitrogens with zero attached hydrogens (tertiary/aromatic N) is 1. The summed E-state index contributed by atoms with van der Waals surface area (Å²) in [6, 6.07) is 10.4. The van der Waals surface area contributed by atoms with Crippen molar-refractivity contribution in [3.63, 3.8) is 0 Å². The van der Waals surface area contributed by atoms with Gasteiger partial charge in [-0.05, 0) is 25.5 Å². The number of nitrogens with two attached hydrogens (primary N) is 1. The van der Waals surface area contributed by atoms with Crippen molar-refractivity contribution in [1.82, 2.24) is 10.2 Å². The molecule has 1 aliphatic rings. The van der Waals surface area contributed by atoms with Gasteiger partial charge in [0.05, 0.1) is 5.41 Å². The summed E-state index contributed by atoms with van der Waals surface area (Å²) in [5.74, 6) is 0.479. The van der Waals surface area contributed by atoms with E-state index in [1.54, 1.807) is 7.05 Å². The standard InChI is InChI=1S/C16H25N3O/c1-16(15(20)18-2)8-9-19(12-16)11-14(10-17)13-6-4-3-5-7-13/h3-7,14H,8-12,17H2,1-2H3,(H,18,20). The van der Waals surface area contributed by atoms with Crippen molar-refractivity contribution in [3.8, 4) is 0 Å². The SMILES string of the molecule is CNC(=O)C1(C)CCN(CC(CN)c2ccccc2)C1. The third kappa shape index (κ3) is 3.19. The van der Waals surface area contributed by atoms with Crippen LogP contribution in [0.1, 0.15) is 24.8 Å². The van der Waals surface area contributed by atoms with Crippen molar-refractivity contribution in [2.75, 3.05) is 33.2 Å². The van der Waals surface area contributed by atoms with Crippen LogP contribution in [0.25, 0.3) is 0 Å². The van der Waals surface area contributed by atoms with Gasteiger partial charge in [0.15, 0.2) is 0 Å². The molecule has 2 unspecified atom stereocenters. The molecule has 0 aromatic heterocycles. The van der Waals surface area contributed by atoms with Crippen molar-refractivity contribution in [3.05, 3.63) is 35.9 Å². The molecular formula is C16H25N3O. The smallest absolute Gasteiger partial charge is 0.227 e. The number of nitrogens with one attached hydrogen (secondary N) is 1. The van der Waals surface area contributed by atoms with Crippen LogP contribution < -0.4 is 11.1 Å². The van der Waals surface area contributed by atoms with Gasteiger partial charge in [-0.3, -0.25) is 4.79 Å². The van der Waals surface area contributed by atoms with E-state index in [4.69, 9.17) is 5.73 Å². The Balaban J connectivity index is 1.99. The molecule has 4 nitrogen and oxygen atoms in total. The van der Waals surface area contributed by atoms with E-state index in [1.807, 2.05) is 13.0 Å². The number of hydrogen-bond donors (Lipinski definition) is 2. The minimum atomic E-state index is -0.259. The van der Waals surface area contributed by atoms with Gasteiger partial charge in [-0.1, -0.05) is 30.3 Å². The predicted molar refractivity (Wildman–Crippen MR) is 81.5 cm³/mol. The molecule has 1 aromatic carbocycles. The van der Waals surface area contributed by atoms with Crippen molar-refractivity contribution in [2.24, 2.45) is 11.1 Å². The summed E-state index contributed by atoms with van der Waals surface area (Å²) in [5.41, 5.74) is 6.95. The van der Waals surface area contributed by atoms with Crippen molar-refractivity contribution in [2.45, 2.75) is 19.3 Å². The van der Waals surface area contributed by atoms with Gasteiger partial charge >= 0.3 is 0 Å². The summed E-state index contributed by atoms with van der Waals surface area (Å²) in [6.45, 7) is 5.39. The van der Waals surface area contributed by atoms with Crippen LogP contribution in [0.15, 0.2) is 30.3 Å². The number of likely N-dealkylation sites (tertiary alicyclic amines) is 1. The zero-order valence-corrected chi connectivity index (χ0v) is 12.4. The van der Waals surface area contributed by atoms with Crippen LogP contribution in [0, 0.1) is 5.41 Å². The van der Waals surface area contributed by atoms with Gasteiger partial charge in [0, 0.05) is 32.6 Å². The number of rotatable bonds is 5. The lowest BCUT2D eigenvalue weighted by Crippen LogP contribution is -2.40. The molecule has 1 saturated heterocycles. The van der Waals surface area contributed by atoms with Gasteiger partial charge in [-0.25, -0.2) is 0 Å². The fourth-order valence-corrected chi connectivity index (χ4v) is 3.05. The number of benzene rings is 1. The summed E-state index contributed by atoms with van der Waals surface area (Å²) >= 11 is 0. The number of carbonyl (C=O) groups excluding carboxylic acids is 1.